The van der Waals surface area contributed by atoms with Gasteiger partial charge in [-0.1, -0.05) is 29.2 Å². The largest absolute Gasteiger partial charge is 0.490 e. The van der Waals surface area contributed by atoms with E-state index in [4.69, 9.17) is 10.00 Å². The van der Waals surface area contributed by atoms with Crippen LogP contribution in [0.2, 0.25) is 0 Å². The lowest BCUT2D eigenvalue weighted by Gasteiger charge is -2.09. The molecule has 0 aliphatic rings. The van der Waals surface area contributed by atoms with Gasteiger partial charge in [0.2, 0.25) is 12.2 Å². The van der Waals surface area contributed by atoms with Gasteiger partial charge in [0.05, 0.1) is 12.5 Å². The van der Waals surface area contributed by atoms with Crippen molar-refractivity contribution in [3.05, 3.63) is 76.1 Å². The zero-order valence-corrected chi connectivity index (χ0v) is 15.2. The summed E-state index contributed by atoms with van der Waals surface area (Å²) in [5.41, 5.74) is 2.33. The van der Waals surface area contributed by atoms with Gasteiger partial charge >= 0.3 is 5.95 Å². The van der Waals surface area contributed by atoms with E-state index in [-0.39, 0.29) is 6.54 Å². The Bertz CT molecular complexity index is 1060. The van der Waals surface area contributed by atoms with Gasteiger partial charge < -0.3 is 20.2 Å². The summed E-state index contributed by atoms with van der Waals surface area (Å²) in [6.07, 6.45) is 1.48. The number of nitrogens with zero attached hydrogens (tertiary/aromatic N) is 5. The summed E-state index contributed by atoms with van der Waals surface area (Å²) in [4.78, 5) is 25.5. The van der Waals surface area contributed by atoms with Crippen molar-refractivity contribution in [2.24, 2.45) is 0 Å². The van der Waals surface area contributed by atoms with E-state index in [0.29, 0.717) is 24.5 Å². The first-order valence-corrected chi connectivity index (χ1v) is 8.55. The Kier molecular flexibility index (Phi) is 6.12. The van der Waals surface area contributed by atoms with Crippen molar-refractivity contribution >= 4 is 17.5 Å². The standard InChI is InChI=1S/C19H16N6O4/c20-9-8-14-4-6-17(7-5-14)29-12-15-2-1-3-16(10-15)22-18(26)11-24-13-21-19(23-24)25(27)28/h1-7,10,13H,8,11-12H2,(H,22,26). The molecule has 29 heavy (non-hydrogen) atoms. The van der Waals surface area contributed by atoms with Gasteiger partial charge in [-0.05, 0) is 40.3 Å². The number of ether oxygens (including phenoxy) is 1. The van der Waals surface area contributed by atoms with E-state index in [1.54, 1.807) is 30.3 Å². The molecule has 0 bridgehead atoms. The molecule has 0 unspecified atom stereocenters. The SMILES string of the molecule is N#CCc1ccc(OCc2cccc(NC(=O)Cn3cnc([N+](=O)[O-])n3)c2)cc1. The molecule has 10 nitrogen and oxygen atoms in total. The zero-order valence-electron chi connectivity index (χ0n) is 15.2. The molecule has 0 fully saturated rings. The summed E-state index contributed by atoms with van der Waals surface area (Å²) in [5.74, 6) is -0.276. The average molecular weight is 392 g/mol. The fourth-order valence-corrected chi connectivity index (χ4v) is 2.49. The van der Waals surface area contributed by atoms with E-state index in [1.165, 1.54) is 0 Å². The van der Waals surface area contributed by atoms with E-state index in [1.807, 2.05) is 18.2 Å². The smallest absolute Gasteiger partial charge is 0.489 e. The number of rotatable bonds is 8. The molecule has 0 atom stereocenters. The van der Waals surface area contributed by atoms with E-state index < -0.39 is 16.8 Å². The van der Waals surface area contributed by atoms with Crippen molar-refractivity contribution in [2.45, 2.75) is 19.6 Å². The second kappa shape index (κ2) is 9.09. The molecule has 1 amide bonds. The minimum absolute atomic E-state index is 0.198. The van der Waals surface area contributed by atoms with Crippen molar-refractivity contribution in [1.82, 2.24) is 14.8 Å². The summed E-state index contributed by atoms with van der Waals surface area (Å²) in [7, 11) is 0. The van der Waals surface area contributed by atoms with Crippen molar-refractivity contribution in [3.8, 4) is 11.8 Å². The third-order valence-electron chi connectivity index (χ3n) is 3.82. The number of amides is 1. The van der Waals surface area contributed by atoms with Crippen molar-refractivity contribution in [1.29, 1.82) is 5.26 Å². The van der Waals surface area contributed by atoms with E-state index in [2.05, 4.69) is 21.5 Å². The van der Waals surface area contributed by atoms with E-state index >= 15 is 0 Å². The topological polar surface area (TPSA) is 136 Å². The Morgan fingerprint density at radius 1 is 1.24 bits per heavy atom. The maximum absolute atomic E-state index is 12.1. The summed E-state index contributed by atoms with van der Waals surface area (Å²) < 4.78 is 6.82. The molecule has 10 heteroatoms. The van der Waals surface area contributed by atoms with Crippen LogP contribution in [0.5, 0.6) is 5.75 Å². The molecule has 1 heterocycles. The second-order valence-corrected chi connectivity index (χ2v) is 6.02. The van der Waals surface area contributed by atoms with Crippen LogP contribution >= 0.6 is 0 Å². The van der Waals surface area contributed by atoms with Crippen molar-refractivity contribution in [3.63, 3.8) is 0 Å². The maximum Gasteiger partial charge on any atom is 0.490 e. The lowest BCUT2D eigenvalue weighted by molar-refractivity contribution is -0.394. The fraction of sp³-hybridized carbons (Fsp3) is 0.158. The number of carbonyl (C=O) groups is 1. The molecule has 0 radical (unpaired) electrons. The Hall–Kier alpha value is -4.26. The summed E-state index contributed by atoms with van der Waals surface area (Å²) in [6, 6.07) is 16.5. The van der Waals surface area contributed by atoms with Gasteiger partial charge in [-0.3, -0.25) is 4.79 Å². The average Bonchev–Trinajstić information content (AvgIpc) is 3.17. The fourth-order valence-electron chi connectivity index (χ4n) is 2.49. The number of anilines is 1. The minimum atomic E-state index is -0.727. The van der Waals surface area contributed by atoms with Crippen LogP contribution in [-0.4, -0.2) is 25.6 Å². The quantitative estimate of drug-likeness (QED) is 0.459. The molecule has 0 saturated carbocycles. The lowest BCUT2D eigenvalue weighted by atomic mass is 10.1. The Labute approximate surface area is 165 Å². The number of hydrogen-bond donors (Lipinski definition) is 1. The van der Waals surface area contributed by atoms with Gasteiger partial charge in [0, 0.05) is 10.8 Å². The highest BCUT2D eigenvalue weighted by Crippen LogP contribution is 2.16. The van der Waals surface area contributed by atoms with Crippen LogP contribution in [0.1, 0.15) is 11.1 Å². The molecule has 0 spiro atoms. The Balaban J connectivity index is 1.55. The number of nitro groups is 1. The normalized spacial score (nSPS) is 10.2. The zero-order chi connectivity index (χ0) is 20.6. The second-order valence-electron chi connectivity index (χ2n) is 6.02. The van der Waals surface area contributed by atoms with Crippen LogP contribution in [0.4, 0.5) is 11.6 Å². The van der Waals surface area contributed by atoms with Crippen molar-refractivity contribution < 1.29 is 14.5 Å². The predicted molar refractivity (Wildman–Crippen MR) is 102 cm³/mol. The summed E-state index contributed by atoms with van der Waals surface area (Å²) in [6.45, 7) is 0.104. The number of hydrogen-bond acceptors (Lipinski definition) is 7. The van der Waals surface area contributed by atoms with Gasteiger partial charge in [0.15, 0.2) is 0 Å². The summed E-state index contributed by atoms with van der Waals surface area (Å²) >= 11 is 0. The van der Waals surface area contributed by atoms with E-state index in [0.717, 1.165) is 22.1 Å². The highest BCUT2D eigenvalue weighted by Gasteiger charge is 2.15. The molecule has 146 valence electrons. The molecule has 0 aliphatic carbocycles. The van der Waals surface area contributed by atoms with Crippen molar-refractivity contribution in [2.75, 3.05) is 5.32 Å². The molecule has 2 aromatic carbocycles. The molecular formula is C19H16N6O4. The minimum Gasteiger partial charge on any atom is -0.489 e. The Morgan fingerprint density at radius 2 is 2.03 bits per heavy atom. The molecule has 0 aliphatic heterocycles. The first-order chi connectivity index (χ1) is 14.0. The highest BCUT2D eigenvalue weighted by atomic mass is 16.6. The third kappa shape index (κ3) is 5.61. The maximum atomic E-state index is 12.1. The molecule has 3 rings (SSSR count). The van der Waals surface area contributed by atoms with Crippen LogP contribution in [-0.2, 0) is 24.4 Å². The molecular weight excluding hydrogens is 376 g/mol. The highest BCUT2D eigenvalue weighted by molar-refractivity contribution is 5.90. The monoisotopic (exact) mass is 392 g/mol. The van der Waals surface area contributed by atoms with Gasteiger partial charge in [-0.25, -0.2) is 0 Å². The van der Waals surface area contributed by atoms with E-state index in [9.17, 15) is 14.9 Å². The number of aromatic nitrogens is 3. The Morgan fingerprint density at radius 3 is 2.72 bits per heavy atom. The van der Waals surface area contributed by atoms with Crippen LogP contribution in [0.3, 0.4) is 0 Å². The van der Waals surface area contributed by atoms with Crippen LogP contribution < -0.4 is 10.1 Å². The number of benzene rings is 2. The van der Waals surface area contributed by atoms with Gasteiger partial charge in [-0.15, -0.1) is 0 Å². The van der Waals surface area contributed by atoms with Gasteiger partial charge in [-0.2, -0.15) is 9.94 Å². The summed E-state index contributed by atoms with van der Waals surface area (Å²) in [5, 5.41) is 25.6. The number of nitriles is 1. The molecule has 3 aromatic rings. The lowest BCUT2D eigenvalue weighted by Crippen LogP contribution is -2.19. The van der Waals surface area contributed by atoms with Crippen LogP contribution in [0, 0.1) is 21.4 Å². The third-order valence-corrected chi connectivity index (χ3v) is 3.82. The van der Waals surface area contributed by atoms with Gasteiger partial charge in [0.25, 0.3) is 0 Å². The number of nitrogens with one attached hydrogen (secondary N) is 1. The molecule has 1 N–H and O–H groups in total. The predicted octanol–water partition coefficient (Wildman–Crippen LogP) is 2.47. The van der Waals surface area contributed by atoms with Crippen LogP contribution in [0.15, 0.2) is 54.9 Å². The first kappa shape index (κ1) is 19.5. The molecule has 1 aromatic heterocycles. The first-order valence-electron chi connectivity index (χ1n) is 8.55. The van der Waals surface area contributed by atoms with Crippen LogP contribution in [0.25, 0.3) is 0 Å². The number of carbonyl (C=O) groups excluding carboxylic acids is 1. The van der Waals surface area contributed by atoms with Gasteiger partial charge in [0.1, 0.15) is 18.9 Å². The molecule has 0 saturated heterocycles.